The van der Waals surface area contributed by atoms with Gasteiger partial charge in [0.25, 0.3) is 0 Å². The van der Waals surface area contributed by atoms with Crippen LogP contribution in [0, 0.1) is 6.92 Å². The fourth-order valence-corrected chi connectivity index (χ4v) is 2.35. The van der Waals surface area contributed by atoms with Gasteiger partial charge in [0.15, 0.2) is 0 Å². The van der Waals surface area contributed by atoms with Gasteiger partial charge in [-0.05, 0) is 43.5 Å². The average molecular weight is 293 g/mol. The van der Waals surface area contributed by atoms with Crippen LogP contribution in [0.3, 0.4) is 0 Å². The van der Waals surface area contributed by atoms with Crippen LogP contribution >= 0.6 is 11.6 Å². The fourth-order valence-electron chi connectivity index (χ4n) is 2.13. The van der Waals surface area contributed by atoms with Gasteiger partial charge in [-0.25, -0.2) is 4.98 Å². The number of rotatable bonds is 8. The molecule has 108 valence electrons. The Kier molecular flexibility index (Phi) is 5.93. The molecular weight excluding hydrogens is 272 g/mol. The summed E-state index contributed by atoms with van der Waals surface area (Å²) in [6.07, 6.45) is 10.4. The van der Waals surface area contributed by atoms with Crippen molar-refractivity contribution in [2.24, 2.45) is 0 Å². The highest BCUT2D eigenvalue weighted by Gasteiger charge is 2.00. The molecule has 0 saturated heterocycles. The van der Waals surface area contributed by atoms with Crippen molar-refractivity contribution >= 4 is 11.6 Å². The summed E-state index contributed by atoms with van der Waals surface area (Å²) in [6.45, 7) is 3.84. The maximum absolute atomic E-state index is 5.92. The lowest BCUT2D eigenvalue weighted by atomic mass is 10.2. The van der Waals surface area contributed by atoms with Crippen LogP contribution in [0.1, 0.15) is 31.2 Å². The van der Waals surface area contributed by atoms with Crippen LogP contribution in [0.25, 0.3) is 0 Å². The topological polar surface area (TPSA) is 27.1 Å². The SMILES string of the molecule is Cc1cc(Cl)ccc1OCCCCCCn1ccnc1. The Labute approximate surface area is 125 Å². The first-order valence-corrected chi connectivity index (χ1v) is 7.48. The Balaban J connectivity index is 1.55. The van der Waals surface area contributed by atoms with Crippen molar-refractivity contribution in [2.45, 2.75) is 39.2 Å². The summed E-state index contributed by atoms with van der Waals surface area (Å²) in [7, 11) is 0. The van der Waals surface area contributed by atoms with Crippen molar-refractivity contribution in [1.82, 2.24) is 9.55 Å². The summed E-state index contributed by atoms with van der Waals surface area (Å²) >= 11 is 5.92. The number of aryl methyl sites for hydroxylation is 2. The van der Waals surface area contributed by atoms with Crippen LogP contribution in [-0.2, 0) is 6.54 Å². The third-order valence-corrected chi connectivity index (χ3v) is 3.50. The fraction of sp³-hybridized carbons (Fsp3) is 0.438. The van der Waals surface area contributed by atoms with Crippen molar-refractivity contribution < 1.29 is 4.74 Å². The number of aromatic nitrogens is 2. The van der Waals surface area contributed by atoms with E-state index in [4.69, 9.17) is 16.3 Å². The number of ether oxygens (including phenoxy) is 1. The number of hydrogen-bond acceptors (Lipinski definition) is 2. The van der Waals surface area contributed by atoms with Crippen molar-refractivity contribution in [3.63, 3.8) is 0 Å². The van der Waals surface area contributed by atoms with Gasteiger partial charge in [-0.3, -0.25) is 0 Å². The molecule has 4 heteroatoms. The zero-order valence-electron chi connectivity index (χ0n) is 11.9. The lowest BCUT2D eigenvalue weighted by molar-refractivity contribution is 0.302. The molecule has 1 aromatic carbocycles. The highest BCUT2D eigenvalue weighted by molar-refractivity contribution is 6.30. The number of unbranched alkanes of at least 4 members (excludes halogenated alkanes) is 3. The van der Waals surface area contributed by atoms with Crippen LogP contribution in [-0.4, -0.2) is 16.2 Å². The smallest absolute Gasteiger partial charge is 0.122 e. The first-order valence-electron chi connectivity index (χ1n) is 7.10. The maximum Gasteiger partial charge on any atom is 0.122 e. The molecule has 0 unspecified atom stereocenters. The second kappa shape index (κ2) is 7.95. The molecule has 20 heavy (non-hydrogen) atoms. The molecule has 0 atom stereocenters. The van der Waals surface area contributed by atoms with Crippen molar-refractivity contribution in [2.75, 3.05) is 6.61 Å². The first kappa shape index (κ1) is 14.9. The number of imidazole rings is 1. The minimum atomic E-state index is 0.759. The van der Waals surface area contributed by atoms with E-state index >= 15 is 0 Å². The van der Waals surface area contributed by atoms with Crippen LogP contribution in [0.15, 0.2) is 36.9 Å². The molecule has 0 radical (unpaired) electrons. The minimum Gasteiger partial charge on any atom is -0.493 e. The van der Waals surface area contributed by atoms with Crippen LogP contribution in [0.4, 0.5) is 0 Å². The Morgan fingerprint density at radius 1 is 1.20 bits per heavy atom. The molecular formula is C16H21ClN2O. The highest BCUT2D eigenvalue weighted by atomic mass is 35.5. The Hall–Kier alpha value is -1.48. The monoisotopic (exact) mass is 292 g/mol. The van der Waals surface area contributed by atoms with E-state index in [-0.39, 0.29) is 0 Å². The van der Waals surface area contributed by atoms with Crippen molar-refractivity contribution in [3.05, 3.63) is 47.5 Å². The van der Waals surface area contributed by atoms with E-state index in [1.165, 1.54) is 19.3 Å². The number of benzene rings is 1. The summed E-state index contributed by atoms with van der Waals surface area (Å²) in [5, 5.41) is 0.759. The third kappa shape index (κ3) is 4.89. The number of halogens is 1. The summed E-state index contributed by atoms with van der Waals surface area (Å²) in [6, 6.07) is 5.74. The Bertz CT molecular complexity index is 511. The van der Waals surface area contributed by atoms with Crippen LogP contribution in [0.2, 0.25) is 5.02 Å². The van der Waals surface area contributed by atoms with Gasteiger partial charge in [0.2, 0.25) is 0 Å². The second-order valence-electron chi connectivity index (χ2n) is 4.97. The van der Waals surface area contributed by atoms with Gasteiger partial charge < -0.3 is 9.30 Å². The molecule has 0 saturated carbocycles. The van der Waals surface area contributed by atoms with Crippen molar-refractivity contribution in [1.29, 1.82) is 0 Å². The molecule has 0 bridgehead atoms. The standard InChI is InChI=1S/C16H21ClN2O/c1-14-12-15(17)6-7-16(14)20-11-5-3-2-4-9-19-10-8-18-13-19/h6-8,10,12-13H,2-5,9,11H2,1H3. The zero-order chi connectivity index (χ0) is 14.2. The molecule has 2 rings (SSSR count). The van der Waals surface area contributed by atoms with E-state index in [0.717, 1.165) is 35.9 Å². The van der Waals surface area contributed by atoms with Gasteiger partial charge in [0.1, 0.15) is 5.75 Å². The lowest BCUT2D eigenvalue weighted by Gasteiger charge is -2.09. The van der Waals surface area contributed by atoms with Crippen molar-refractivity contribution in [3.8, 4) is 5.75 Å². The molecule has 0 fully saturated rings. The summed E-state index contributed by atoms with van der Waals surface area (Å²) in [5.41, 5.74) is 1.10. The summed E-state index contributed by atoms with van der Waals surface area (Å²) < 4.78 is 7.89. The lowest BCUT2D eigenvalue weighted by Crippen LogP contribution is -1.99. The third-order valence-electron chi connectivity index (χ3n) is 3.26. The highest BCUT2D eigenvalue weighted by Crippen LogP contribution is 2.22. The molecule has 3 nitrogen and oxygen atoms in total. The van der Waals surface area contributed by atoms with E-state index < -0.39 is 0 Å². The van der Waals surface area contributed by atoms with E-state index in [1.54, 1.807) is 0 Å². The Morgan fingerprint density at radius 3 is 2.80 bits per heavy atom. The molecule has 2 aromatic rings. The predicted molar refractivity (Wildman–Crippen MR) is 82.4 cm³/mol. The number of nitrogens with zero attached hydrogens (tertiary/aromatic N) is 2. The van der Waals surface area contributed by atoms with Gasteiger partial charge in [0, 0.05) is 24.0 Å². The minimum absolute atomic E-state index is 0.759. The maximum atomic E-state index is 5.92. The molecule has 1 aromatic heterocycles. The molecule has 0 aliphatic rings. The van der Waals surface area contributed by atoms with Gasteiger partial charge in [-0.2, -0.15) is 0 Å². The molecule has 0 N–H and O–H groups in total. The molecule has 1 heterocycles. The molecule has 0 amide bonds. The first-order chi connectivity index (χ1) is 9.75. The second-order valence-corrected chi connectivity index (χ2v) is 5.41. The van der Waals surface area contributed by atoms with Crippen LogP contribution < -0.4 is 4.74 Å². The van der Waals surface area contributed by atoms with E-state index in [2.05, 4.69) is 9.55 Å². The zero-order valence-corrected chi connectivity index (χ0v) is 12.6. The van der Waals surface area contributed by atoms with Gasteiger partial charge in [-0.1, -0.05) is 24.4 Å². The molecule has 0 aliphatic heterocycles. The summed E-state index contributed by atoms with van der Waals surface area (Å²) in [5.74, 6) is 0.938. The van der Waals surface area contributed by atoms with Gasteiger partial charge >= 0.3 is 0 Å². The average Bonchev–Trinajstić information content (AvgIpc) is 2.93. The summed E-state index contributed by atoms with van der Waals surface area (Å²) in [4.78, 5) is 4.03. The van der Waals surface area contributed by atoms with Crippen LogP contribution in [0.5, 0.6) is 5.75 Å². The van der Waals surface area contributed by atoms with E-state index in [1.807, 2.05) is 43.8 Å². The van der Waals surface area contributed by atoms with E-state index in [0.29, 0.717) is 0 Å². The van der Waals surface area contributed by atoms with Gasteiger partial charge in [-0.15, -0.1) is 0 Å². The molecule has 0 aliphatic carbocycles. The molecule has 0 spiro atoms. The Morgan fingerprint density at radius 2 is 2.05 bits per heavy atom. The van der Waals surface area contributed by atoms with Gasteiger partial charge in [0.05, 0.1) is 12.9 Å². The number of hydrogen-bond donors (Lipinski definition) is 0. The largest absolute Gasteiger partial charge is 0.493 e. The predicted octanol–water partition coefficient (Wildman–Crippen LogP) is 4.48. The quantitative estimate of drug-likeness (QED) is 0.671. The van der Waals surface area contributed by atoms with E-state index in [9.17, 15) is 0 Å². The normalized spacial score (nSPS) is 10.7.